The average Bonchev–Trinajstić information content (AvgIpc) is 2.19. The number of benzene rings is 1. The molecule has 2 nitrogen and oxygen atoms in total. The zero-order valence-electron chi connectivity index (χ0n) is 7.96. The van der Waals surface area contributed by atoms with Crippen LogP contribution in [-0.2, 0) is 0 Å². The summed E-state index contributed by atoms with van der Waals surface area (Å²) in [5, 5.41) is 3.82. The lowest BCUT2D eigenvalue weighted by Crippen LogP contribution is -2.28. The van der Waals surface area contributed by atoms with Gasteiger partial charge in [-0.15, -0.1) is 0 Å². The number of rotatable bonds is 2. The molecule has 1 atom stereocenters. The van der Waals surface area contributed by atoms with E-state index in [0.29, 0.717) is 0 Å². The number of hydrogen-bond donors (Lipinski definition) is 1. The van der Waals surface area contributed by atoms with E-state index in [-0.39, 0.29) is 6.10 Å². The van der Waals surface area contributed by atoms with Crippen molar-refractivity contribution in [2.24, 2.45) is 0 Å². The normalized spacial score (nSPS) is 18.9. The molecule has 0 spiro atoms. The summed E-state index contributed by atoms with van der Waals surface area (Å²) in [6.45, 7) is 0.818. The summed E-state index contributed by atoms with van der Waals surface area (Å²) < 4.78 is 5.72. The van der Waals surface area contributed by atoms with E-state index in [4.69, 9.17) is 16.3 Å². The molecule has 0 radical (unpaired) electrons. The highest BCUT2D eigenvalue weighted by Crippen LogP contribution is 2.28. The summed E-state index contributed by atoms with van der Waals surface area (Å²) >= 11 is 5.87. The number of hydrogen-bond acceptors (Lipinski definition) is 2. The first-order valence-electron chi connectivity index (χ1n) is 4.58. The topological polar surface area (TPSA) is 21.3 Å². The minimum Gasteiger partial charge on any atom is -0.484 e. The molecule has 14 heavy (non-hydrogen) atoms. The third-order valence-corrected chi connectivity index (χ3v) is 2.38. The van der Waals surface area contributed by atoms with Gasteiger partial charge in [0.25, 0.3) is 0 Å². The Morgan fingerprint density at radius 3 is 3.14 bits per heavy atom. The van der Waals surface area contributed by atoms with Crippen LogP contribution in [0.2, 0.25) is 5.02 Å². The Morgan fingerprint density at radius 2 is 2.36 bits per heavy atom. The lowest BCUT2D eigenvalue weighted by Gasteiger charge is -2.21. The van der Waals surface area contributed by atoms with Crippen LogP contribution in [0.5, 0.6) is 5.75 Å². The Morgan fingerprint density at radius 1 is 1.50 bits per heavy atom. The second-order valence-electron chi connectivity index (χ2n) is 3.26. The maximum Gasteiger partial charge on any atom is 0.130 e. The van der Waals surface area contributed by atoms with E-state index in [1.807, 2.05) is 37.4 Å². The molecule has 1 aliphatic heterocycles. The van der Waals surface area contributed by atoms with Crippen molar-refractivity contribution in [3.05, 3.63) is 34.9 Å². The van der Waals surface area contributed by atoms with Gasteiger partial charge in [-0.3, -0.25) is 0 Å². The molecule has 0 saturated heterocycles. The highest BCUT2D eigenvalue weighted by molar-refractivity contribution is 6.30. The van der Waals surface area contributed by atoms with Crippen LogP contribution in [0.4, 0.5) is 0 Å². The molecule has 0 amide bonds. The van der Waals surface area contributed by atoms with Gasteiger partial charge in [-0.05, 0) is 31.3 Å². The highest BCUT2D eigenvalue weighted by Gasteiger charge is 2.13. The van der Waals surface area contributed by atoms with Crippen LogP contribution >= 0.6 is 11.6 Å². The van der Waals surface area contributed by atoms with Gasteiger partial charge in [0.05, 0.1) is 0 Å². The van der Waals surface area contributed by atoms with Gasteiger partial charge >= 0.3 is 0 Å². The third-order valence-electron chi connectivity index (χ3n) is 2.15. The number of halogens is 1. The van der Waals surface area contributed by atoms with Crippen molar-refractivity contribution in [1.29, 1.82) is 0 Å². The first-order valence-corrected chi connectivity index (χ1v) is 4.96. The van der Waals surface area contributed by atoms with Crippen molar-refractivity contribution >= 4 is 17.7 Å². The smallest absolute Gasteiger partial charge is 0.130 e. The fourth-order valence-corrected chi connectivity index (χ4v) is 1.66. The molecule has 0 bridgehead atoms. The van der Waals surface area contributed by atoms with Gasteiger partial charge in [0.2, 0.25) is 0 Å². The first kappa shape index (κ1) is 9.56. The maximum atomic E-state index is 5.87. The van der Waals surface area contributed by atoms with Gasteiger partial charge in [-0.25, -0.2) is 0 Å². The molecule has 0 fully saturated rings. The summed E-state index contributed by atoms with van der Waals surface area (Å²) in [6, 6.07) is 5.66. The van der Waals surface area contributed by atoms with Crippen LogP contribution in [0.15, 0.2) is 24.3 Å². The second-order valence-corrected chi connectivity index (χ2v) is 3.69. The van der Waals surface area contributed by atoms with Crippen LogP contribution in [0, 0.1) is 0 Å². The van der Waals surface area contributed by atoms with Gasteiger partial charge in [-0.2, -0.15) is 0 Å². The Hall–Kier alpha value is -0.990. The highest BCUT2D eigenvalue weighted by atomic mass is 35.5. The maximum absolute atomic E-state index is 5.87. The molecule has 1 aromatic rings. The number of nitrogens with one attached hydrogen (secondary N) is 1. The fourth-order valence-electron chi connectivity index (χ4n) is 1.48. The predicted octanol–water partition coefficient (Wildman–Crippen LogP) is 2.33. The first-order chi connectivity index (χ1) is 6.79. The van der Waals surface area contributed by atoms with Crippen LogP contribution < -0.4 is 10.1 Å². The molecule has 1 aromatic carbocycles. The fraction of sp³-hybridized carbons (Fsp3) is 0.273. The molecule has 74 valence electrons. The predicted molar refractivity (Wildman–Crippen MR) is 58.8 cm³/mol. The summed E-state index contributed by atoms with van der Waals surface area (Å²) in [5.74, 6) is 0.900. The zero-order chi connectivity index (χ0) is 9.97. The van der Waals surface area contributed by atoms with Crippen LogP contribution in [-0.4, -0.2) is 19.7 Å². The molecule has 1 unspecified atom stereocenters. The Balaban J connectivity index is 2.23. The monoisotopic (exact) mass is 209 g/mol. The molecule has 1 N–H and O–H groups in total. The summed E-state index contributed by atoms with van der Waals surface area (Å²) in [7, 11) is 1.91. The SMILES string of the molecule is CNCC1C=Cc2cc(Cl)ccc2O1. The molecule has 0 saturated carbocycles. The minimum atomic E-state index is 0.119. The van der Waals surface area contributed by atoms with Gasteiger partial charge < -0.3 is 10.1 Å². The molecule has 1 heterocycles. The van der Waals surface area contributed by atoms with E-state index < -0.39 is 0 Å². The Bertz CT molecular complexity index is 362. The molecular formula is C11H12ClNO. The van der Waals surface area contributed by atoms with E-state index in [1.54, 1.807) is 0 Å². The lowest BCUT2D eigenvalue weighted by atomic mass is 10.1. The number of fused-ring (bicyclic) bond motifs is 1. The van der Waals surface area contributed by atoms with Crippen molar-refractivity contribution in [2.45, 2.75) is 6.10 Å². The average molecular weight is 210 g/mol. The Labute approximate surface area is 88.5 Å². The molecule has 0 aliphatic carbocycles. The van der Waals surface area contributed by atoms with E-state index >= 15 is 0 Å². The van der Waals surface area contributed by atoms with Gasteiger partial charge in [-0.1, -0.05) is 17.7 Å². The van der Waals surface area contributed by atoms with E-state index in [1.165, 1.54) is 0 Å². The van der Waals surface area contributed by atoms with Crippen molar-refractivity contribution in [3.8, 4) is 5.75 Å². The van der Waals surface area contributed by atoms with Crippen LogP contribution in [0.25, 0.3) is 6.08 Å². The number of likely N-dealkylation sites (N-methyl/N-ethyl adjacent to an activating group) is 1. The van der Waals surface area contributed by atoms with E-state index in [9.17, 15) is 0 Å². The van der Waals surface area contributed by atoms with Crippen molar-refractivity contribution in [1.82, 2.24) is 5.32 Å². The van der Waals surface area contributed by atoms with E-state index in [2.05, 4.69) is 5.32 Å². The van der Waals surface area contributed by atoms with Crippen LogP contribution in [0.3, 0.4) is 0 Å². The number of ether oxygens (including phenoxy) is 1. The molecular weight excluding hydrogens is 198 g/mol. The van der Waals surface area contributed by atoms with Gasteiger partial charge in [0.15, 0.2) is 0 Å². The summed E-state index contributed by atoms with van der Waals surface area (Å²) in [4.78, 5) is 0. The molecule has 1 aliphatic rings. The quantitative estimate of drug-likeness (QED) is 0.808. The molecule has 0 aromatic heterocycles. The molecule has 2 rings (SSSR count). The summed E-state index contributed by atoms with van der Waals surface area (Å²) in [6.07, 6.45) is 4.20. The lowest BCUT2D eigenvalue weighted by molar-refractivity contribution is 0.244. The van der Waals surface area contributed by atoms with Crippen molar-refractivity contribution in [2.75, 3.05) is 13.6 Å². The Kier molecular flexibility index (Phi) is 2.75. The van der Waals surface area contributed by atoms with Crippen LogP contribution in [0.1, 0.15) is 5.56 Å². The van der Waals surface area contributed by atoms with Gasteiger partial charge in [0, 0.05) is 17.1 Å². The third kappa shape index (κ3) is 1.91. The van der Waals surface area contributed by atoms with E-state index in [0.717, 1.165) is 22.9 Å². The molecule has 3 heteroatoms. The van der Waals surface area contributed by atoms with Crippen molar-refractivity contribution in [3.63, 3.8) is 0 Å². The summed E-state index contributed by atoms with van der Waals surface area (Å²) in [5.41, 5.74) is 1.05. The minimum absolute atomic E-state index is 0.119. The largest absolute Gasteiger partial charge is 0.484 e. The zero-order valence-corrected chi connectivity index (χ0v) is 8.71. The van der Waals surface area contributed by atoms with Gasteiger partial charge in [0.1, 0.15) is 11.9 Å². The van der Waals surface area contributed by atoms with Crippen molar-refractivity contribution < 1.29 is 4.74 Å². The second kappa shape index (κ2) is 4.03. The standard InChI is InChI=1S/C11H12ClNO/c1-13-7-10-4-2-8-6-9(12)3-5-11(8)14-10/h2-6,10,13H,7H2,1H3.